The number of methoxy groups -OCH3 is 2. The molecule has 0 aliphatic heterocycles. The van der Waals surface area contributed by atoms with Gasteiger partial charge in [-0.1, -0.05) is 18.2 Å². The van der Waals surface area contributed by atoms with Crippen LogP contribution in [-0.2, 0) is 0 Å². The third kappa shape index (κ3) is 5.01. The minimum absolute atomic E-state index is 0. The minimum Gasteiger partial charge on any atom is -0.496 e. The van der Waals surface area contributed by atoms with Gasteiger partial charge >= 0.3 is 0 Å². The molecule has 0 bridgehead atoms. The zero-order valence-electron chi connectivity index (χ0n) is 13.9. The molecule has 1 unspecified atom stereocenters. The minimum atomic E-state index is -0.0153. The Hall–Kier alpha value is -1.46. The largest absolute Gasteiger partial charge is 0.496 e. The van der Waals surface area contributed by atoms with Crippen LogP contribution in [-0.4, -0.2) is 45.2 Å². The van der Waals surface area contributed by atoms with E-state index in [1.807, 2.05) is 31.2 Å². The first-order valence-corrected chi connectivity index (χ1v) is 7.94. The first kappa shape index (κ1) is 19.6. The molecule has 117 valence electrons. The molecule has 0 aliphatic rings. The van der Waals surface area contributed by atoms with Crippen LogP contribution < -0.4 is 19.5 Å². The van der Waals surface area contributed by atoms with Crippen LogP contribution in [0.4, 0.5) is 0 Å². The van der Waals surface area contributed by atoms with E-state index in [1.54, 1.807) is 32.4 Å². The monoisotopic (exact) mass is 325 g/mol. The van der Waals surface area contributed by atoms with Crippen LogP contribution in [0.5, 0.6) is 17.2 Å². The Morgan fingerprint density at radius 3 is 2.04 bits per heavy atom. The number of rotatable bonds is 7. The average Bonchev–Trinajstić information content (AvgIpc) is 2.56. The van der Waals surface area contributed by atoms with Crippen molar-refractivity contribution < 1.29 is 19.0 Å². The normalized spacial score (nSPS) is 10.2. The first-order valence-electron chi connectivity index (χ1n) is 6.94. The summed E-state index contributed by atoms with van der Waals surface area (Å²) >= 11 is 0. The third-order valence-corrected chi connectivity index (χ3v) is 4.18. The van der Waals surface area contributed by atoms with Crippen molar-refractivity contribution in [1.29, 1.82) is 0 Å². The molecule has 0 fully saturated rings. The molecule has 4 nitrogen and oxygen atoms in total. The van der Waals surface area contributed by atoms with Gasteiger partial charge in [0.15, 0.2) is 5.52 Å². The van der Waals surface area contributed by atoms with Crippen LogP contribution in [0.2, 0.25) is 0 Å². The fraction of sp³-hybridized carbons (Fsp3) is 0.235. The number of carbonyl (C=O) groups is 1. The SMILES string of the molecule is CCOc1ccc(PC(=O)c2c(OC)cccc2OC)cc1.[Li]. The fourth-order valence-electron chi connectivity index (χ4n) is 2.07. The Labute approximate surface area is 150 Å². The van der Waals surface area contributed by atoms with Crippen molar-refractivity contribution in [3.05, 3.63) is 48.0 Å². The fourth-order valence-corrected chi connectivity index (χ4v) is 3.04. The zero-order chi connectivity index (χ0) is 15.9. The quantitative estimate of drug-likeness (QED) is 0.580. The second-order valence-electron chi connectivity index (χ2n) is 4.45. The number of hydrogen-bond donors (Lipinski definition) is 0. The van der Waals surface area contributed by atoms with E-state index in [1.165, 1.54) is 0 Å². The number of ether oxygens (including phenoxy) is 3. The van der Waals surface area contributed by atoms with Crippen molar-refractivity contribution in [1.82, 2.24) is 0 Å². The summed E-state index contributed by atoms with van der Waals surface area (Å²) in [6.45, 7) is 2.56. The molecular weight excluding hydrogens is 306 g/mol. The van der Waals surface area contributed by atoms with Crippen LogP contribution in [0.1, 0.15) is 17.3 Å². The predicted octanol–water partition coefficient (Wildman–Crippen LogP) is 2.87. The van der Waals surface area contributed by atoms with E-state index in [9.17, 15) is 4.79 Å². The Morgan fingerprint density at radius 1 is 1.00 bits per heavy atom. The summed E-state index contributed by atoms with van der Waals surface area (Å²) in [7, 11) is 3.09. The molecule has 0 spiro atoms. The molecule has 0 aliphatic carbocycles. The van der Waals surface area contributed by atoms with Crippen LogP contribution in [0.3, 0.4) is 0 Å². The molecule has 2 aromatic rings. The summed E-state index contributed by atoms with van der Waals surface area (Å²) in [6, 6.07) is 12.9. The van der Waals surface area contributed by atoms with Gasteiger partial charge in [-0.25, -0.2) is 0 Å². The third-order valence-electron chi connectivity index (χ3n) is 3.08. The Morgan fingerprint density at radius 2 is 1.57 bits per heavy atom. The van der Waals surface area contributed by atoms with Crippen molar-refractivity contribution in [3.63, 3.8) is 0 Å². The maximum Gasteiger partial charge on any atom is 0.193 e. The van der Waals surface area contributed by atoms with Crippen LogP contribution in [0.25, 0.3) is 0 Å². The average molecular weight is 325 g/mol. The van der Waals surface area contributed by atoms with Crippen molar-refractivity contribution in [2.24, 2.45) is 0 Å². The van der Waals surface area contributed by atoms with Gasteiger partial charge in [-0.2, -0.15) is 0 Å². The molecule has 6 heteroatoms. The Balaban J connectivity index is 0.00000264. The maximum atomic E-state index is 12.6. The van der Waals surface area contributed by atoms with E-state index in [2.05, 4.69) is 0 Å². The van der Waals surface area contributed by atoms with Crippen molar-refractivity contribution >= 4 is 38.3 Å². The second-order valence-corrected chi connectivity index (χ2v) is 5.73. The summed E-state index contributed by atoms with van der Waals surface area (Å²) < 4.78 is 16.0. The van der Waals surface area contributed by atoms with Crippen molar-refractivity contribution in [3.8, 4) is 17.2 Å². The number of hydrogen-bond acceptors (Lipinski definition) is 4. The molecule has 2 rings (SSSR count). The molecule has 0 amide bonds. The Bertz CT molecular complexity index is 621. The first-order chi connectivity index (χ1) is 10.7. The molecule has 1 atom stereocenters. The smallest absolute Gasteiger partial charge is 0.193 e. The van der Waals surface area contributed by atoms with Gasteiger partial charge in [0.2, 0.25) is 0 Å². The zero-order valence-corrected chi connectivity index (χ0v) is 14.9. The molecule has 0 saturated heterocycles. The molecule has 0 N–H and O–H groups in total. The second kappa shape index (κ2) is 9.63. The molecule has 1 radical (unpaired) electrons. The van der Waals surface area contributed by atoms with E-state index in [4.69, 9.17) is 14.2 Å². The van der Waals surface area contributed by atoms with Gasteiger partial charge < -0.3 is 14.2 Å². The molecule has 0 aromatic heterocycles. The van der Waals surface area contributed by atoms with Crippen LogP contribution in [0.15, 0.2) is 42.5 Å². The Kier molecular flexibility index (Phi) is 8.20. The van der Waals surface area contributed by atoms with Gasteiger partial charge in [0.05, 0.1) is 20.8 Å². The molecule has 23 heavy (non-hydrogen) atoms. The van der Waals surface area contributed by atoms with Gasteiger partial charge in [0, 0.05) is 18.9 Å². The van der Waals surface area contributed by atoms with E-state index in [0.717, 1.165) is 11.1 Å². The summed E-state index contributed by atoms with van der Waals surface area (Å²) in [4.78, 5) is 12.6. The summed E-state index contributed by atoms with van der Waals surface area (Å²) in [5.74, 6) is 1.86. The number of carbonyl (C=O) groups excluding carboxylic acids is 1. The van der Waals surface area contributed by atoms with E-state index in [0.29, 0.717) is 23.7 Å². The summed E-state index contributed by atoms with van der Waals surface area (Å²) in [5, 5.41) is 0.946. The topological polar surface area (TPSA) is 44.8 Å². The van der Waals surface area contributed by atoms with Crippen molar-refractivity contribution in [2.75, 3.05) is 20.8 Å². The summed E-state index contributed by atoms with van der Waals surface area (Å²) in [6.07, 6.45) is 0. The van der Waals surface area contributed by atoms with Gasteiger partial charge in [-0.15, -0.1) is 0 Å². The van der Waals surface area contributed by atoms with Gasteiger partial charge in [0.1, 0.15) is 22.8 Å². The van der Waals surface area contributed by atoms with E-state index in [-0.39, 0.29) is 33.0 Å². The molecule has 0 heterocycles. The molecule has 0 saturated carbocycles. The van der Waals surface area contributed by atoms with Crippen LogP contribution in [0, 0.1) is 0 Å². The molecular formula is C17H19LiO4P. The van der Waals surface area contributed by atoms with Gasteiger partial charge in [0.25, 0.3) is 0 Å². The van der Waals surface area contributed by atoms with Crippen molar-refractivity contribution in [2.45, 2.75) is 6.92 Å². The maximum absolute atomic E-state index is 12.6. The number of benzene rings is 2. The van der Waals surface area contributed by atoms with Gasteiger partial charge in [-0.3, -0.25) is 4.79 Å². The van der Waals surface area contributed by atoms with E-state index >= 15 is 0 Å². The van der Waals surface area contributed by atoms with Crippen LogP contribution >= 0.6 is 8.58 Å². The molecule has 2 aromatic carbocycles. The standard InChI is InChI=1S/C17H19O4P.Li/c1-4-21-12-8-10-13(11-9-12)22-17(18)16-14(19-2)6-5-7-15(16)20-3;/h5-11,22H,4H2,1-3H3;. The summed E-state index contributed by atoms with van der Waals surface area (Å²) in [5.41, 5.74) is 0.471. The predicted molar refractivity (Wildman–Crippen MR) is 95.2 cm³/mol. The van der Waals surface area contributed by atoms with E-state index < -0.39 is 0 Å². The van der Waals surface area contributed by atoms with Gasteiger partial charge in [-0.05, 0) is 45.1 Å².